The Hall–Kier alpha value is -1.56. The smallest absolute Gasteiger partial charge is 0.194 e. The Morgan fingerprint density at radius 3 is 2.65 bits per heavy atom. The van der Waals surface area contributed by atoms with E-state index in [1.54, 1.807) is 7.11 Å². The Bertz CT molecular complexity index is 501. The molecular formula is C17H28N4OS. The van der Waals surface area contributed by atoms with Gasteiger partial charge in [-0.1, -0.05) is 12.1 Å². The van der Waals surface area contributed by atoms with Crippen molar-refractivity contribution in [3.05, 3.63) is 24.3 Å². The number of guanidine groups is 1. The monoisotopic (exact) mass is 336 g/mol. The summed E-state index contributed by atoms with van der Waals surface area (Å²) in [5.41, 5.74) is 1.18. The molecule has 1 aromatic rings. The van der Waals surface area contributed by atoms with Crippen molar-refractivity contribution >= 4 is 23.4 Å². The average Bonchev–Trinajstić information content (AvgIpc) is 2.61. The Balaban J connectivity index is 1.97. The van der Waals surface area contributed by atoms with Crippen LogP contribution >= 0.6 is 11.8 Å². The summed E-state index contributed by atoms with van der Waals surface area (Å²) in [5.74, 6) is 3.05. The van der Waals surface area contributed by atoms with Gasteiger partial charge >= 0.3 is 0 Å². The number of nitrogens with zero attached hydrogens (tertiary/aromatic N) is 3. The van der Waals surface area contributed by atoms with Crippen LogP contribution in [-0.2, 0) is 0 Å². The zero-order chi connectivity index (χ0) is 16.5. The lowest BCUT2D eigenvalue weighted by molar-refractivity contribution is 0.367. The number of hydrogen-bond donors (Lipinski definition) is 1. The molecule has 1 heterocycles. The van der Waals surface area contributed by atoms with E-state index in [2.05, 4.69) is 40.4 Å². The second-order valence-electron chi connectivity index (χ2n) is 5.37. The van der Waals surface area contributed by atoms with E-state index in [9.17, 15) is 0 Å². The summed E-state index contributed by atoms with van der Waals surface area (Å²) in [7, 11) is 1.73. The van der Waals surface area contributed by atoms with Crippen molar-refractivity contribution in [3.63, 3.8) is 0 Å². The molecule has 0 atom stereocenters. The third-order valence-electron chi connectivity index (χ3n) is 3.90. The van der Waals surface area contributed by atoms with Crippen molar-refractivity contribution in [2.45, 2.75) is 6.92 Å². The predicted octanol–water partition coefficient (Wildman–Crippen LogP) is 2.15. The topological polar surface area (TPSA) is 40.1 Å². The molecule has 128 valence electrons. The first kappa shape index (κ1) is 17.8. The minimum Gasteiger partial charge on any atom is -0.495 e. The molecule has 23 heavy (non-hydrogen) atoms. The number of anilines is 1. The second-order valence-corrected chi connectivity index (χ2v) is 6.36. The molecule has 0 aliphatic carbocycles. The van der Waals surface area contributed by atoms with Crippen molar-refractivity contribution in [3.8, 4) is 5.75 Å². The minimum absolute atomic E-state index is 0.871. The van der Waals surface area contributed by atoms with E-state index < -0.39 is 0 Å². The number of ether oxygens (including phenoxy) is 1. The molecule has 2 rings (SSSR count). The lowest BCUT2D eigenvalue weighted by atomic mass is 10.2. The summed E-state index contributed by atoms with van der Waals surface area (Å²) >= 11 is 1.83. The number of thioether (sulfide) groups is 1. The third kappa shape index (κ3) is 4.96. The van der Waals surface area contributed by atoms with Gasteiger partial charge in [-0.15, -0.1) is 0 Å². The fourth-order valence-electron chi connectivity index (χ4n) is 2.72. The molecule has 1 aliphatic heterocycles. The normalized spacial score (nSPS) is 15.7. The maximum Gasteiger partial charge on any atom is 0.194 e. The van der Waals surface area contributed by atoms with Crippen molar-refractivity contribution < 1.29 is 4.74 Å². The van der Waals surface area contributed by atoms with Gasteiger partial charge in [-0.05, 0) is 25.3 Å². The van der Waals surface area contributed by atoms with Gasteiger partial charge in [-0.2, -0.15) is 11.8 Å². The Morgan fingerprint density at radius 1 is 1.26 bits per heavy atom. The van der Waals surface area contributed by atoms with E-state index in [4.69, 9.17) is 9.73 Å². The standard InChI is InChI=1S/C17H28N4OS/c1-4-18-17(19-9-14-23-3)21-12-10-20(11-13-21)15-7-5-6-8-16(15)22-2/h5-8H,4,9-14H2,1-3H3,(H,18,19). The number of benzene rings is 1. The highest BCUT2D eigenvalue weighted by Crippen LogP contribution is 2.28. The fraction of sp³-hybridized carbons (Fsp3) is 0.588. The van der Waals surface area contributed by atoms with Gasteiger partial charge in [0.15, 0.2) is 5.96 Å². The molecule has 0 unspecified atom stereocenters. The number of piperazine rings is 1. The predicted molar refractivity (Wildman–Crippen MR) is 101 cm³/mol. The summed E-state index contributed by atoms with van der Waals surface area (Å²) in [4.78, 5) is 9.47. The Morgan fingerprint density at radius 2 is 2.00 bits per heavy atom. The number of rotatable bonds is 6. The van der Waals surface area contributed by atoms with Crippen molar-refractivity contribution in [2.75, 3.05) is 63.3 Å². The van der Waals surface area contributed by atoms with Crippen LogP contribution in [0.1, 0.15) is 6.92 Å². The second kappa shape index (κ2) is 9.55. The van der Waals surface area contributed by atoms with E-state index in [1.807, 2.05) is 23.9 Å². The molecule has 1 saturated heterocycles. The van der Waals surface area contributed by atoms with Crippen LogP contribution in [0, 0.1) is 0 Å². The lowest BCUT2D eigenvalue weighted by Gasteiger charge is -2.38. The molecule has 5 nitrogen and oxygen atoms in total. The molecule has 1 N–H and O–H groups in total. The quantitative estimate of drug-likeness (QED) is 0.490. The first-order valence-corrected chi connectivity index (χ1v) is 9.59. The highest BCUT2D eigenvalue weighted by atomic mass is 32.2. The molecule has 0 bridgehead atoms. The summed E-state index contributed by atoms with van der Waals surface area (Å²) in [5, 5.41) is 3.41. The van der Waals surface area contributed by atoms with E-state index in [1.165, 1.54) is 5.69 Å². The Labute approximate surface area is 144 Å². The van der Waals surface area contributed by atoms with Crippen LogP contribution in [0.25, 0.3) is 0 Å². The Kier molecular flexibility index (Phi) is 7.39. The van der Waals surface area contributed by atoms with Crippen LogP contribution in [-0.4, -0.2) is 69.2 Å². The number of hydrogen-bond acceptors (Lipinski definition) is 4. The maximum atomic E-state index is 5.48. The molecule has 0 amide bonds. The van der Waals surface area contributed by atoms with Gasteiger partial charge in [0.2, 0.25) is 0 Å². The number of methoxy groups -OCH3 is 1. The zero-order valence-electron chi connectivity index (χ0n) is 14.4. The largest absolute Gasteiger partial charge is 0.495 e. The molecule has 1 fully saturated rings. The van der Waals surface area contributed by atoms with Crippen LogP contribution in [0.15, 0.2) is 29.3 Å². The minimum atomic E-state index is 0.871. The van der Waals surface area contributed by atoms with Gasteiger partial charge < -0.3 is 19.9 Å². The molecular weight excluding hydrogens is 308 g/mol. The van der Waals surface area contributed by atoms with Gasteiger partial charge in [0, 0.05) is 38.5 Å². The molecule has 0 spiro atoms. The zero-order valence-corrected chi connectivity index (χ0v) is 15.2. The lowest BCUT2D eigenvalue weighted by Crippen LogP contribution is -2.52. The van der Waals surface area contributed by atoms with E-state index in [0.29, 0.717) is 0 Å². The highest BCUT2D eigenvalue weighted by Gasteiger charge is 2.21. The maximum absolute atomic E-state index is 5.48. The van der Waals surface area contributed by atoms with Crippen molar-refractivity contribution in [1.29, 1.82) is 0 Å². The van der Waals surface area contributed by atoms with E-state index in [-0.39, 0.29) is 0 Å². The van der Waals surface area contributed by atoms with Gasteiger partial charge in [0.05, 0.1) is 19.3 Å². The van der Waals surface area contributed by atoms with Gasteiger partial charge in [-0.3, -0.25) is 4.99 Å². The fourth-order valence-corrected chi connectivity index (χ4v) is 2.99. The van der Waals surface area contributed by atoms with E-state index >= 15 is 0 Å². The SMILES string of the molecule is CCNC(=NCCSC)N1CCN(c2ccccc2OC)CC1. The van der Waals surface area contributed by atoms with Gasteiger partial charge in [-0.25, -0.2) is 0 Å². The van der Waals surface area contributed by atoms with Crippen molar-refractivity contribution in [1.82, 2.24) is 10.2 Å². The number of aliphatic imine (C=N–C) groups is 1. The summed E-state index contributed by atoms with van der Waals surface area (Å²) in [6, 6.07) is 8.24. The molecule has 1 aromatic carbocycles. The van der Waals surface area contributed by atoms with Crippen LogP contribution in [0.4, 0.5) is 5.69 Å². The van der Waals surface area contributed by atoms with Crippen LogP contribution in [0.3, 0.4) is 0 Å². The summed E-state index contributed by atoms with van der Waals surface area (Å²) < 4.78 is 5.48. The van der Waals surface area contributed by atoms with Crippen molar-refractivity contribution in [2.24, 2.45) is 4.99 Å². The summed E-state index contributed by atoms with van der Waals surface area (Å²) in [6.07, 6.45) is 2.12. The van der Waals surface area contributed by atoms with Crippen LogP contribution in [0.5, 0.6) is 5.75 Å². The molecule has 1 aliphatic rings. The molecule has 6 heteroatoms. The molecule has 0 aromatic heterocycles. The average molecular weight is 337 g/mol. The molecule has 0 saturated carbocycles. The van der Waals surface area contributed by atoms with E-state index in [0.717, 1.165) is 56.7 Å². The van der Waals surface area contributed by atoms with Gasteiger partial charge in [0.25, 0.3) is 0 Å². The van der Waals surface area contributed by atoms with Crippen LogP contribution in [0.2, 0.25) is 0 Å². The van der Waals surface area contributed by atoms with Gasteiger partial charge in [0.1, 0.15) is 5.75 Å². The first-order chi connectivity index (χ1) is 11.3. The number of nitrogens with one attached hydrogen (secondary N) is 1. The number of para-hydroxylation sites is 2. The first-order valence-electron chi connectivity index (χ1n) is 8.20. The molecule has 0 radical (unpaired) electrons. The van der Waals surface area contributed by atoms with Crippen LogP contribution < -0.4 is 15.0 Å². The third-order valence-corrected chi connectivity index (χ3v) is 4.49. The highest BCUT2D eigenvalue weighted by molar-refractivity contribution is 7.98. The summed E-state index contributed by atoms with van der Waals surface area (Å²) in [6.45, 7) is 7.81.